The Morgan fingerprint density at radius 2 is 1.91 bits per heavy atom. The highest BCUT2D eigenvalue weighted by atomic mass is 16.5. The van der Waals surface area contributed by atoms with E-state index in [-0.39, 0.29) is 5.75 Å². The fourth-order valence-electron chi connectivity index (χ4n) is 4.45. The minimum Gasteiger partial charge on any atom is -0.507 e. The average molecular weight is 433 g/mol. The molecule has 3 heterocycles. The van der Waals surface area contributed by atoms with Crippen LogP contribution in [0.25, 0.3) is 22.4 Å². The van der Waals surface area contributed by atoms with Crippen LogP contribution in [0.15, 0.2) is 36.5 Å². The van der Waals surface area contributed by atoms with Crippen molar-refractivity contribution < 1.29 is 9.84 Å². The van der Waals surface area contributed by atoms with E-state index in [1.165, 1.54) is 19.3 Å². The van der Waals surface area contributed by atoms with Crippen LogP contribution in [-0.4, -0.2) is 57.8 Å². The maximum atomic E-state index is 10.7. The first kappa shape index (κ1) is 20.6. The van der Waals surface area contributed by atoms with Crippen LogP contribution in [0.3, 0.4) is 0 Å². The number of nitrogens with one attached hydrogen (secondary N) is 1. The van der Waals surface area contributed by atoms with E-state index in [9.17, 15) is 5.11 Å². The summed E-state index contributed by atoms with van der Waals surface area (Å²) in [5.74, 6) is 1.50. The zero-order valence-electron chi connectivity index (χ0n) is 18.5. The number of aryl methyl sites for hydroxylation is 1. The van der Waals surface area contributed by atoms with Crippen LogP contribution in [-0.2, 0) is 0 Å². The van der Waals surface area contributed by atoms with Crippen LogP contribution in [0.4, 0.5) is 5.82 Å². The van der Waals surface area contributed by atoms with Gasteiger partial charge in [0.05, 0.1) is 19.0 Å². The van der Waals surface area contributed by atoms with Gasteiger partial charge in [-0.05, 0) is 55.5 Å². The van der Waals surface area contributed by atoms with Crippen LogP contribution >= 0.6 is 0 Å². The SMILES string of the molecule is COc1cc(-c2ccc(-c3cc(C)c(N4CC[C@H](NC5CCC5)C4)nn3)c(O)c2)cnn1. The highest BCUT2D eigenvalue weighted by Crippen LogP contribution is 2.34. The topological polar surface area (TPSA) is 96.3 Å². The van der Waals surface area contributed by atoms with E-state index < -0.39 is 0 Å². The smallest absolute Gasteiger partial charge is 0.233 e. The number of aromatic hydroxyl groups is 1. The van der Waals surface area contributed by atoms with Crippen LogP contribution in [0.2, 0.25) is 0 Å². The summed E-state index contributed by atoms with van der Waals surface area (Å²) >= 11 is 0. The predicted molar refractivity (Wildman–Crippen MR) is 123 cm³/mol. The highest BCUT2D eigenvalue weighted by Gasteiger charge is 2.28. The summed E-state index contributed by atoms with van der Waals surface area (Å²) < 4.78 is 5.14. The van der Waals surface area contributed by atoms with Crippen molar-refractivity contribution in [2.45, 2.75) is 44.7 Å². The zero-order valence-corrected chi connectivity index (χ0v) is 18.5. The van der Waals surface area contributed by atoms with E-state index in [1.807, 2.05) is 18.2 Å². The second-order valence-corrected chi connectivity index (χ2v) is 8.68. The second kappa shape index (κ2) is 8.70. The summed E-state index contributed by atoms with van der Waals surface area (Å²) in [6.07, 6.45) is 6.73. The monoisotopic (exact) mass is 432 g/mol. The van der Waals surface area contributed by atoms with Gasteiger partial charge in [-0.3, -0.25) is 0 Å². The molecule has 0 unspecified atom stereocenters. The van der Waals surface area contributed by atoms with Crippen LogP contribution in [0.1, 0.15) is 31.2 Å². The van der Waals surface area contributed by atoms with Crippen LogP contribution in [0.5, 0.6) is 11.6 Å². The Kier molecular flexibility index (Phi) is 5.61. The lowest BCUT2D eigenvalue weighted by Gasteiger charge is -2.30. The van der Waals surface area contributed by atoms with Crippen molar-refractivity contribution in [1.29, 1.82) is 0 Å². The quantitative estimate of drug-likeness (QED) is 0.612. The minimum absolute atomic E-state index is 0.144. The van der Waals surface area contributed by atoms with Crippen molar-refractivity contribution in [3.05, 3.63) is 42.1 Å². The van der Waals surface area contributed by atoms with E-state index in [4.69, 9.17) is 4.74 Å². The molecule has 0 radical (unpaired) electrons. The summed E-state index contributed by atoms with van der Waals surface area (Å²) in [4.78, 5) is 2.31. The third-order valence-corrected chi connectivity index (χ3v) is 6.47. The number of nitrogens with zero attached hydrogens (tertiary/aromatic N) is 5. The third kappa shape index (κ3) is 4.10. The lowest BCUT2D eigenvalue weighted by molar-refractivity contribution is 0.311. The fourth-order valence-corrected chi connectivity index (χ4v) is 4.45. The standard InChI is InChI=1S/C24H28N6O2/c1-15-10-21(27-29-24(15)30-9-8-19(14-30)26-18-4-3-5-18)20-7-6-16(11-22(20)31)17-12-23(32-2)28-25-13-17/h6-7,10-13,18-19,26,31H,3-5,8-9,14H2,1-2H3/t19-/m0/s1. The first-order chi connectivity index (χ1) is 15.6. The molecule has 32 heavy (non-hydrogen) atoms. The summed E-state index contributed by atoms with van der Waals surface area (Å²) in [6.45, 7) is 4.01. The number of benzene rings is 1. The number of phenols is 1. The van der Waals surface area contributed by atoms with Crippen molar-refractivity contribution in [3.8, 4) is 34.0 Å². The summed E-state index contributed by atoms with van der Waals surface area (Å²) in [6, 6.07) is 10.5. The lowest BCUT2D eigenvalue weighted by Crippen LogP contribution is -2.43. The Morgan fingerprint density at radius 1 is 1.03 bits per heavy atom. The molecule has 2 aliphatic rings. The summed E-state index contributed by atoms with van der Waals surface area (Å²) in [5.41, 5.74) is 4.00. The Hall–Kier alpha value is -3.26. The van der Waals surface area contributed by atoms with E-state index in [0.29, 0.717) is 29.2 Å². The molecule has 0 amide bonds. The van der Waals surface area contributed by atoms with Crippen molar-refractivity contribution in [2.24, 2.45) is 0 Å². The maximum Gasteiger partial charge on any atom is 0.233 e. The third-order valence-electron chi connectivity index (χ3n) is 6.47. The van der Waals surface area contributed by atoms with E-state index in [1.54, 1.807) is 25.4 Å². The summed E-state index contributed by atoms with van der Waals surface area (Å²) in [7, 11) is 1.55. The van der Waals surface area contributed by atoms with Gasteiger partial charge in [-0.2, -0.15) is 5.10 Å². The molecular formula is C24H28N6O2. The molecule has 8 heteroatoms. The number of methoxy groups -OCH3 is 1. The molecule has 0 bridgehead atoms. The molecule has 1 saturated heterocycles. The van der Waals surface area contributed by atoms with Crippen molar-refractivity contribution in [3.63, 3.8) is 0 Å². The van der Waals surface area contributed by atoms with E-state index in [0.717, 1.165) is 42.0 Å². The maximum absolute atomic E-state index is 10.7. The molecule has 3 aromatic rings. The van der Waals surface area contributed by atoms with Gasteiger partial charge in [-0.1, -0.05) is 12.5 Å². The van der Waals surface area contributed by atoms with Gasteiger partial charge in [-0.25, -0.2) is 0 Å². The van der Waals surface area contributed by atoms with Crippen LogP contribution in [0, 0.1) is 6.92 Å². The minimum atomic E-state index is 0.144. The molecule has 1 aromatic carbocycles. The van der Waals surface area contributed by atoms with Gasteiger partial charge in [0.1, 0.15) is 5.75 Å². The second-order valence-electron chi connectivity index (χ2n) is 8.68. The van der Waals surface area contributed by atoms with Gasteiger partial charge in [0.25, 0.3) is 0 Å². The fraction of sp³-hybridized carbons (Fsp3) is 0.417. The highest BCUT2D eigenvalue weighted by molar-refractivity contribution is 5.74. The molecule has 1 atom stereocenters. The number of phenolic OH excluding ortho intramolecular Hbond substituents is 1. The normalized spacial score (nSPS) is 18.6. The largest absolute Gasteiger partial charge is 0.507 e. The molecule has 166 valence electrons. The van der Waals surface area contributed by atoms with Gasteiger partial charge in [0.15, 0.2) is 5.82 Å². The molecule has 2 N–H and O–H groups in total. The van der Waals surface area contributed by atoms with Gasteiger partial charge in [0, 0.05) is 42.4 Å². The van der Waals surface area contributed by atoms with Crippen molar-refractivity contribution in [1.82, 2.24) is 25.7 Å². The Bertz CT molecular complexity index is 1120. The molecule has 2 aromatic heterocycles. The lowest BCUT2D eigenvalue weighted by atomic mass is 9.92. The predicted octanol–water partition coefficient (Wildman–Crippen LogP) is 3.34. The number of rotatable bonds is 6. The number of ether oxygens (including phenoxy) is 1. The molecular weight excluding hydrogens is 404 g/mol. The molecule has 2 fully saturated rings. The Labute approximate surface area is 187 Å². The van der Waals surface area contributed by atoms with Gasteiger partial charge in [0.2, 0.25) is 5.88 Å². The first-order valence-corrected chi connectivity index (χ1v) is 11.2. The molecule has 1 aliphatic heterocycles. The summed E-state index contributed by atoms with van der Waals surface area (Å²) in [5, 5.41) is 31.3. The number of aromatic nitrogens is 4. The number of anilines is 1. The zero-order chi connectivity index (χ0) is 22.1. The Balaban J connectivity index is 1.33. The molecule has 5 rings (SSSR count). The van der Waals surface area contributed by atoms with Crippen molar-refractivity contribution >= 4 is 5.82 Å². The van der Waals surface area contributed by atoms with Crippen molar-refractivity contribution in [2.75, 3.05) is 25.1 Å². The van der Waals surface area contributed by atoms with Gasteiger partial charge >= 0.3 is 0 Å². The average Bonchev–Trinajstić information content (AvgIpc) is 3.24. The van der Waals surface area contributed by atoms with Crippen LogP contribution < -0.4 is 15.0 Å². The van der Waals surface area contributed by atoms with Gasteiger partial charge in [-0.15, -0.1) is 15.3 Å². The van der Waals surface area contributed by atoms with E-state index >= 15 is 0 Å². The number of hydrogen-bond donors (Lipinski definition) is 2. The first-order valence-electron chi connectivity index (χ1n) is 11.2. The Morgan fingerprint density at radius 3 is 2.62 bits per heavy atom. The van der Waals surface area contributed by atoms with E-state index in [2.05, 4.69) is 37.5 Å². The van der Waals surface area contributed by atoms with Gasteiger partial charge < -0.3 is 20.1 Å². The molecule has 0 spiro atoms. The molecule has 8 nitrogen and oxygen atoms in total. The number of hydrogen-bond acceptors (Lipinski definition) is 8. The molecule has 1 aliphatic carbocycles. The molecule has 1 saturated carbocycles.